The van der Waals surface area contributed by atoms with E-state index in [-0.39, 0.29) is 36.7 Å². The second-order valence-electron chi connectivity index (χ2n) is 9.06. The molecule has 2 rings (SSSR count). The fourth-order valence-electron chi connectivity index (χ4n) is 4.01. The number of Topliss-reactive ketones (excluding diaryl/α,β-unsaturated/α-hetero) is 1. The highest BCUT2D eigenvalue weighted by molar-refractivity contribution is 6.02. The van der Waals surface area contributed by atoms with Crippen LogP contribution in [0.4, 0.5) is 0 Å². The number of hydrogen-bond acceptors (Lipinski definition) is 4. The summed E-state index contributed by atoms with van der Waals surface area (Å²) in [5.41, 5.74) is 3.52. The minimum Gasteiger partial charge on any atom is -0.465 e. The molecule has 1 heterocycles. The van der Waals surface area contributed by atoms with Gasteiger partial charge in [0.2, 0.25) is 5.91 Å². The van der Waals surface area contributed by atoms with Gasteiger partial charge in [-0.2, -0.15) is 0 Å². The first kappa shape index (κ1) is 22.2. The van der Waals surface area contributed by atoms with Gasteiger partial charge in [0.25, 0.3) is 0 Å². The number of nitrogens with zero attached hydrogens (tertiary/aromatic N) is 2. The fourth-order valence-corrected chi connectivity index (χ4v) is 4.01. The van der Waals surface area contributed by atoms with Crippen molar-refractivity contribution in [1.82, 2.24) is 9.47 Å². The van der Waals surface area contributed by atoms with Crippen LogP contribution in [0.2, 0.25) is 0 Å². The van der Waals surface area contributed by atoms with Crippen LogP contribution in [0.5, 0.6) is 0 Å². The van der Waals surface area contributed by atoms with Crippen LogP contribution in [-0.4, -0.2) is 47.3 Å². The number of fused-ring (bicyclic) bond motifs is 1. The molecular formula is C22H34N2O4. The van der Waals surface area contributed by atoms with Gasteiger partial charge in [0.05, 0.1) is 13.0 Å². The summed E-state index contributed by atoms with van der Waals surface area (Å²) >= 11 is 0. The predicted molar refractivity (Wildman–Crippen MR) is 108 cm³/mol. The first-order chi connectivity index (χ1) is 13.0. The minimum atomic E-state index is -0.424. The Morgan fingerprint density at radius 1 is 1.25 bits per heavy atom. The van der Waals surface area contributed by atoms with Crippen LogP contribution in [0.15, 0.2) is 0 Å². The van der Waals surface area contributed by atoms with Gasteiger partial charge in [-0.1, -0.05) is 27.7 Å². The highest BCUT2D eigenvalue weighted by atomic mass is 16.5. The van der Waals surface area contributed by atoms with E-state index in [1.807, 2.05) is 6.92 Å². The molecule has 0 saturated carbocycles. The first-order valence-electron chi connectivity index (χ1n) is 10.1. The van der Waals surface area contributed by atoms with Crippen LogP contribution in [-0.2, 0) is 33.7 Å². The van der Waals surface area contributed by atoms with Crippen molar-refractivity contribution in [3.05, 3.63) is 22.5 Å². The normalized spacial score (nSPS) is 15.5. The summed E-state index contributed by atoms with van der Waals surface area (Å²) in [7, 11) is 1.59. The number of esters is 1. The van der Waals surface area contributed by atoms with Crippen molar-refractivity contribution in [3.63, 3.8) is 0 Å². The Hall–Kier alpha value is -2.11. The number of ketones is 1. The zero-order valence-corrected chi connectivity index (χ0v) is 18.3. The monoisotopic (exact) mass is 390 g/mol. The molecule has 1 aliphatic rings. The van der Waals surface area contributed by atoms with E-state index < -0.39 is 5.97 Å². The van der Waals surface area contributed by atoms with Crippen LogP contribution in [0.3, 0.4) is 0 Å². The highest BCUT2D eigenvalue weighted by Gasteiger charge is 2.37. The average Bonchev–Trinajstić information content (AvgIpc) is 2.79. The molecule has 6 heteroatoms. The highest BCUT2D eigenvalue weighted by Crippen LogP contribution is 2.39. The standard InChI is InChI=1S/C22H34N2O4/c1-8-28-20(27)13-23(7)19(26)9-16-15(4)24(12-14(2)3)17-10-22(5,6)11-18(25)21(16)17/h14H,8-13H2,1-7H3. The number of carbonyl (C=O) groups is 3. The fraction of sp³-hybridized carbons (Fsp3) is 0.682. The maximum Gasteiger partial charge on any atom is 0.325 e. The molecule has 0 radical (unpaired) electrons. The van der Waals surface area contributed by atoms with Crippen LogP contribution >= 0.6 is 0 Å². The number of ether oxygens (including phenoxy) is 1. The van der Waals surface area contributed by atoms with Crippen LogP contribution in [0.1, 0.15) is 68.3 Å². The molecule has 0 atom stereocenters. The minimum absolute atomic E-state index is 0.0778. The molecule has 0 N–H and O–H groups in total. The van der Waals surface area contributed by atoms with Crippen molar-refractivity contribution < 1.29 is 19.1 Å². The van der Waals surface area contributed by atoms with Crippen LogP contribution in [0, 0.1) is 18.3 Å². The van der Waals surface area contributed by atoms with Gasteiger partial charge in [-0.25, -0.2) is 0 Å². The summed E-state index contributed by atoms with van der Waals surface area (Å²) in [6.45, 7) is 13.3. The van der Waals surface area contributed by atoms with Gasteiger partial charge in [-0.15, -0.1) is 0 Å². The molecule has 0 aliphatic heterocycles. The van der Waals surface area contributed by atoms with Crippen molar-refractivity contribution in [2.45, 2.75) is 67.3 Å². The second kappa shape index (κ2) is 8.50. The molecule has 1 aromatic rings. The third-order valence-corrected chi connectivity index (χ3v) is 5.29. The molecule has 1 aromatic heterocycles. The van der Waals surface area contributed by atoms with Crippen molar-refractivity contribution in [2.24, 2.45) is 11.3 Å². The van der Waals surface area contributed by atoms with E-state index in [9.17, 15) is 14.4 Å². The number of amides is 1. The Kier molecular flexibility index (Phi) is 6.73. The third-order valence-electron chi connectivity index (χ3n) is 5.29. The topological polar surface area (TPSA) is 68.6 Å². The lowest BCUT2D eigenvalue weighted by molar-refractivity contribution is -0.147. The van der Waals surface area contributed by atoms with Crippen LogP contribution in [0.25, 0.3) is 0 Å². The van der Waals surface area contributed by atoms with Gasteiger partial charge in [0, 0.05) is 37.0 Å². The van der Waals surface area contributed by atoms with Gasteiger partial charge >= 0.3 is 5.97 Å². The molecular weight excluding hydrogens is 356 g/mol. The SMILES string of the molecule is CCOC(=O)CN(C)C(=O)Cc1c2c(n(CC(C)C)c1C)CC(C)(C)CC2=O. The Bertz CT molecular complexity index is 774. The molecule has 0 bridgehead atoms. The van der Waals surface area contributed by atoms with Gasteiger partial charge in [0.1, 0.15) is 6.54 Å². The van der Waals surface area contributed by atoms with Crippen molar-refractivity contribution >= 4 is 17.7 Å². The summed E-state index contributed by atoms with van der Waals surface area (Å²) in [6.07, 6.45) is 1.45. The van der Waals surface area contributed by atoms with E-state index in [0.29, 0.717) is 12.3 Å². The Morgan fingerprint density at radius 3 is 2.46 bits per heavy atom. The molecule has 1 amide bonds. The quantitative estimate of drug-likeness (QED) is 0.671. The molecule has 6 nitrogen and oxygen atoms in total. The third kappa shape index (κ3) is 4.83. The smallest absolute Gasteiger partial charge is 0.325 e. The zero-order chi connectivity index (χ0) is 21.2. The van der Waals surface area contributed by atoms with Gasteiger partial charge in [-0.3, -0.25) is 14.4 Å². The maximum atomic E-state index is 13.0. The molecule has 0 spiro atoms. The molecule has 0 unspecified atom stereocenters. The largest absolute Gasteiger partial charge is 0.465 e. The van der Waals surface area contributed by atoms with Gasteiger partial charge in [-0.05, 0) is 37.2 Å². The summed E-state index contributed by atoms with van der Waals surface area (Å²) < 4.78 is 7.15. The second-order valence-corrected chi connectivity index (χ2v) is 9.06. The Balaban J connectivity index is 2.37. The van der Waals surface area contributed by atoms with Crippen molar-refractivity contribution in [1.29, 1.82) is 0 Å². The number of carbonyl (C=O) groups excluding carboxylic acids is 3. The Morgan fingerprint density at radius 2 is 1.89 bits per heavy atom. The number of likely N-dealkylation sites (N-methyl/N-ethyl adjacent to an activating group) is 1. The molecule has 28 heavy (non-hydrogen) atoms. The summed E-state index contributed by atoms with van der Waals surface area (Å²) in [6, 6.07) is 0. The Labute approximate surface area is 168 Å². The van der Waals surface area contributed by atoms with Gasteiger partial charge in [0.15, 0.2) is 5.78 Å². The number of aromatic nitrogens is 1. The van der Waals surface area contributed by atoms with Gasteiger partial charge < -0.3 is 14.2 Å². The van der Waals surface area contributed by atoms with E-state index in [0.717, 1.165) is 35.5 Å². The van der Waals surface area contributed by atoms with E-state index in [1.165, 1.54) is 4.90 Å². The zero-order valence-electron chi connectivity index (χ0n) is 18.3. The molecule has 0 aromatic carbocycles. The number of hydrogen-bond donors (Lipinski definition) is 0. The van der Waals surface area contributed by atoms with Crippen molar-refractivity contribution in [3.8, 4) is 0 Å². The summed E-state index contributed by atoms with van der Waals surface area (Å²) in [5, 5.41) is 0. The van der Waals surface area contributed by atoms with Crippen molar-refractivity contribution in [2.75, 3.05) is 20.2 Å². The average molecular weight is 391 g/mol. The van der Waals surface area contributed by atoms with Crippen LogP contribution < -0.4 is 0 Å². The maximum absolute atomic E-state index is 13.0. The molecule has 156 valence electrons. The summed E-state index contributed by atoms with van der Waals surface area (Å²) in [4.78, 5) is 38.8. The number of rotatable bonds is 7. The predicted octanol–water partition coefficient (Wildman–Crippen LogP) is 3.17. The van der Waals surface area contributed by atoms with E-state index in [1.54, 1.807) is 14.0 Å². The molecule has 1 aliphatic carbocycles. The van der Waals surface area contributed by atoms with E-state index >= 15 is 0 Å². The first-order valence-corrected chi connectivity index (χ1v) is 10.1. The van der Waals surface area contributed by atoms with E-state index in [4.69, 9.17) is 4.74 Å². The lowest BCUT2D eigenvalue weighted by Crippen LogP contribution is -2.34. The lowest BCUT2D eigenvalue weighted by Gasteiger charge is -2.30. The molecule has 0 fully saturated rings. The van der Waals surface area contributed by atoms with E-state index in [2.05, 4.69) is 32.3 Å². The molecule has 0 saturated heterocycles. The summed E-state index contributed by atoms with van der Waals surface area (Å²) in [5.74, 6) is -0.0522. The lowest BCUT2D eigenvalue weighted by atomic mass is 9.75.